The van der Waals surface area contributed by atoms with Gasteiger partial charge < -0.3 is 10.5 Å². The number of hydrogen-bond acceptors (Lipinski definition) is 4. The monoisotopic (exact) mass is 436 g/mol. The van der Waals surface area contributed by atoms with E-state index in [0.717, 1.165) is 16.7 Å². The summed E-state index contributed by atoms with van der Waals surface area (Å²) >= 11 is 12.3. The van der Waals surface area contributed by atoms with E-state index >= 15 is 0 Å². The van der Waals surface area contributed by atoms with E-state index in [0.29, 0.717) is 16.5 Å². The largest absolute Gasteiger partial charge is 0.459 e. The average Bonchev–Trinajstić information content (AvgIpc) is 2.62. The van der Waals surface area contributed by atoms with E-state index in [2.05, 4.69) is 5.32 Å². The average molecular weight is 437 g/mol. The number of nitrogens with one attached hydrogen (secondary N) is 1. The Hall–Kier alpha value is -2.08. The number of halogens is 2. The van der Waals surface area contributed by atoms with Crippen molar-refractivity contribution in [3.63, 3.8) is 0 Å². The lowest BCUT2D eigenvalue weighted by Crippen LogP contribution is -2.50. The minimum absolute atomic E-state index is 0.339. The normalized spacial score (nSPS) is 13.6. The first kappa shape index (κ1) is 23.2. The SMILES string of the molecule is C[C@H](NC(Cc1ccc(-c2cc(Cl)ccc2Cl)cc1)C(N)=O)C(=O)OC(C)(C)C. The first-order valence-electron chi connectivity index (χ1n) is 9.29. The van der Waals surface area contributed by atoms with Crippen molar-refractivity contribution in [3.05, 3.63) is 58.1 Å². The predicted octanol–water partition coefficient (Wildman–Crippen LogP) is 4.38. The Morgan fingerprint density at radius 3 is 2.28 bits per heavy atom. The van der Waals surface area contributed by atoms with Crippen LogP contribution in [0, 0.1) is 0 Å². The van der Waals surface area contributed by atoms with E-state index in [4.69, 9.17) is 33.7 Å². The summed E-state index contributed by atoms with van der Waals surface area (Å²) in [5, 5.41) is 4.16. The zero-order valence-electron chi connectivity index (χ0n) is 17.0. The maximum Gasteiger partial charge on any atom is 0.323 e. The van der Waals surface area contributed by atoms with E-state index in [9.17, 15) is 9.59 Å². The first-order chi connectivity index (χ1) is 13.5. The first-order valence-corrected chi connectivity index (χ1v) is 10.0. The lowest BCUT2D eigenvalue weighted by Gasteiger charge is -2.25. The molecule has 0 radical (unpaired) electrons. The quantitative estimate of drug-likeness (QED) is 0.630. The molecule has 0 aliphatic rings. The van der Waals surface area contributed by atoms with E-state index in [1.165, 1.54) is 0 Å². The minimum Gasteiger partial charge on any atom is -0.459 e. The Morgan fingerprint density at radius 1 is 1.10 bits per heavy atom. The van der Waals surface area contributed by atoms with Gasteiger partial charge in [-0.15, -0.1) is 0 Å². The van der Waals surface area contributed by atoms with Crippen LogP contribution in [0.25, 0.3) is 11.1 Å². The molecule has 7 heteroatoms. The lowest BCUT2D eigenvalue weighted by atomic mass is 10.00. The van der Waals surface area contributed by atoms with Crippen molar-refractivity contribution in [3.8, 4) is 11.1 Å². The molecule has 0 aliphatic carbocycles. The summed E-state index contributed by atoms with van der Waals surface area (Å²) in [7, 11) is 0. The van der Waals surface area contributed by atoms with Crippen LogP contribution >= 0.6 is 23.2 Å². The number of hydrogen-bond donors (Lipinski definition) is 2. The number of carbonyl (C=O) groups excluding carboxylic acids is 2. The summed E-state index contributed by atoms with van der Waals surface area (Å²) in [6.07, 6.45) is 0.339. The number of benzene rings is 2. The summed E-state index contributed by atoms with van der Waals surface area (Å²) in [5.41, 5.74) is 7.55. The number of esters is 1. The van der Waals surface area contributed by atoms with Crippen LogP contribution in [0.2, 0.25) is 10.0 Å². The molecule has 0 bridgehead atoms. The summed E-state index contributed by atoms with van der Waals surface area (Å²) in [4.78, 5) is 24.1. The second kappa shape index (κ2) is 9.61. The molecule has 0 saturated heterocycles. The molecule has 0 aromatic heterocycles. The van der Waals surface area contributed by atoms with Crippen molar-refractivity contribution in [1.29, 1.82) is 0 Å². The number of carbonyl (C=O) groups is 2. The molecule has 0 aliphatic heterocycles. The smallest absolute Gasteiger partial charge is 0.323 e. The molecule has 2 rings (SSSR count). The highest BCUT2D eigenvalue weighted by Gasteiger charge is 2.26. The van der Waals surface area contributed by atoms with Gasteiger partial charge >= 0.3 is 5.97 Å². The fraction of sp³-hybridized carbons (Fsp3) is 0.364. The Kier molecular flexibility index (Phi) is 7.69. The summed E-state index contributed by atoms with van der Waals surface area (Å²) < 4.78 is 5.34. The van der Waals surface area contributed by atoms with E-state index in [1.807, 2.05) is 24.3 Å². The Balaban J connectivity index is 2.10. The number of nitrogens with two attached hydrogens (primary N) is 1. The molecule has 0 spiro atoms. The number of amides is 1. The summed E-state index contributed by atoms with van der Waals surface area (Å²) in [6.45, 7) is 7.01. The van der Waals surface area contributed by atoms with E-state index in [1.54, 1.807) is 45.9 Å². The zero-order chi connectivity index (χ0) is 21.8. The molecule has 0 heterocycles. The van der Waals surface area contributed by atoms with Crippen molar-refractivity contribution in [2.75, 3.05) is 0 Å². The topological polar surface area (TPSA) is 81.4 Å². The second-order valence-electron chi connectivity index (χ2n) is 7.90. The van der Waals surface area contributed by atoms with Crippen molar-refractivity contribution in [2.45, 2.75) is 51.8 Å². The third kappa shape index (κ3) is 7.03. The van der Waals surface area contributed by atoms with Crippen molar-refractivity contribution >= 4 is 35.1 Å². The second-order valence-corrected chi connectivity index (χ2v) is 8.75. The van der Waals surface area contributed by atoms with Gasteiger partial charge in [0.25, 0.3) is 0 Å². The van der Waals surface area contributed by atoms with Gasteiger partial charge in [-0.05, 0) is 63.4 Å². The van der Waals surface area contributed by atoms with Gasteiger partial charge in [-0.25, -0.2) is 0 Å². The van der Waals surface area contributed by atoms with Gasteiger partial charge in [-0.1, -0.05) is 47.5 Å². The molecule has 0 fully saturated rings. The van der Waals surface area contributed by atoms with Crippen LogP contribution in [0.3, 0.4) is 0 Å². The highest BCUT2D eigenvalue weighted by atomic mass is 35.5. The third-order valence-corrected chi connectivity index (χ3v) is 4.75. The number of rotatable bonds is 7. The molecule has 29 heavy (non-hydrogen) atoms. The fourth-order valence-corrected chi connectivity index (χ4v) is 3.18. The van der Waals surface area contributed by atoms with Gasteiger partial charge in [-0.3, -0.25) is 14.9 Å². The van der Waals surface area contributed by atoms with Crippen LogP contribution in [0.1, 0.15) is 33.3 Å². The van der Waals surface area contributed by atoms with E-state index in [-0.39, 0.29) is 0 Å². The van der Waals surface area contributed by atoms with Crippen LogP contribution < -0.4 is 11.1 Å². The summed E-state index contributed by atoms with van der Waals surface area (Å²) in [5.74, 6) is -0.975. The zero-order valence-corrected chi connectivity index (χ0v) is 18.5. The number of ether oxygens (including phenoxy) is 1. The van der Waals surface area contributed by atoms with Gasteiger partial charge in [0.2, 0.25) is 5.91 Å². The molecule has 0 saturated carbocycles. The molecule has 2 aromatic carbocycles. The lowest BCUT2D eigenvalue weighted by molar-refractivity contribution is -0.157. The Morgan fingerprint density at radius 2 is 1.72 bits per heavy atom. The van der Waals surface area contributed by atoms with Gasteiger partial charge in [0.05, 0.1) is 6.04 Å². The molecule has 1 unspecified atom stereocenters. The van der Waals surface area contributed by atoms with Gasteiger partial charge in [-0.2, -0.15) is 0 Å². The molecule has 3 N–H and O–H groups in total. The number of primary amides is 1. The van der Waals surface area contributed by atoms with Crippen LogP contribution in [0.5, 0.6) is 0 Å². The Bertz CT molecular complexity index is 877. The van der Waals surface area contributed by atoms with Crippen molar-refractivity contribution in [1.82, 2.24) is 5.32 Å². The minimum atomic E-state index is -0.710. The third-order valence-electron chi connectivity index (χ3n) is 4.19. The van der Waals surface area contributed by atoms with Gasteiger partial charge in [0.15, 0.2) is 0 Å². The van der Waals surface area contributed by atoms with Crippen LogP contribution in [0.15, 0.2) is 42.5 Å². The fourth-order valence-electron chi connectivity index (χ4n) is 2.78. The molecule has 5 nitrogen and oxygen atoms in total. The van der Waals surface area contributed by atoms with Crippen LogP contribution in [-0.4, -0.2) is 29.6 Å². The van der Waals surface area contributed by atoms with Crippen LogP contribution in [0.4, 0.5) is 0 Å². The molecular weight excluding hydrogens is 411 g/mol. The highest BCUT2D eigenvalue weighted by Crippen LogP contribution is 2.30. The van der Waals surface area contributed by atoms with Crippen LogP contribution in [-0.2, 0) is 20.7 Å². The summed E-state index contributed by atoms with van der Waals surface area (Å²) in [6, 6.07) is 11.5. The maximum atomic E-state index is 12.2. The van der Waals surface area contributed by atoms with Gasteiger partial charge in [0.1, 0.15) is 11.6 Å². The maximum absolute atomic E-state index is 12.2. The molecule has 1 amide bonds. The molecule has 156 valence electrons. The van der Waals surface area contributed by atoms with Crippen molar-refractivity contribution in [2.24, 2.45) is 5.73 Å². The molecular formula is C22H26Cl2N2O3. The molecule has 2 atom stereocenters. The standard InChI is InChI=1S/C22H26Cl2N2O3/c1-13(21(28)29-22(2,3)4)26-19(20(25)27)11-14-5-7-15(8-6-14)17-12-16(23)9-10-18(17)24/h5-10,12-13,19,26H,11H2,1-4H3,(H2,25,27)/t13-,19?/m0/s1. The van der Waals surface area contributed by atoms with Gasteiger partial charge in [0, 0.05) is 15.6 Å². The molecule has 2 aromatic rings. The van der Waals surface area contributed by atoms with E-state index < -0.39 is 29.6 Å². The Labute approximate surface area is 181 Å². The predicted molar refractivity (Wildman–Crippen MR) is 117 cm³/mol. The van der Waals surface area contributed by atoms with Crippen molar-refractivity contribution < 1.29 is 14.3 Å². The highest BCUT2D eigenvalue weighted by molar-refractivity contribution is 6.35.